The van der Waals surface area contributed by atoms with Crippen molar-refractivity contribution in [3.8, 4) is 17.1 Å². The molecule has 0 bridgehead atoms. The lowest BCUT2D eigenvalue weighted by Gasteiger charge is -2.10. The summed E-state index contributed by atoms with van der Waals surface area (Å²) in [4.78, 5) is 0.155. The first-order valence-electron chi connectivity index (χ1n) is 7.86. The quantitative estimate of drug-likeness (QED) is 0.673. The molecule has 3 aromatic rings. The van der Waals surface area contributed by atoms with E-state index in [-0.39, 0.29) is 4.90 Å². The number of ether oxygens (including phenoxy) is 1. The van der Waals surface area contributed by atoms with E-state index in [0.717, 1.165) is 0 Å². The van der Waals surface area contributed by atoms with Crippen LogP contribution in [-0.4, -0.2) is 20.7 Å². The second kappa shape index (κ2) is 7.39. The smallest absolute Gasteiger partial charge is 0.262 e. The fourth-order valence-electron chi connectivity index (χ4n) is 2.47. The van der Waals surface area contributed by atoms with Gasteiger partial charge in [0.05, 0.1) is 17.0 Å². The summed E-state index contributed by atoms with van der Waals surface area (Å²) in [6, 6.07) is 13.2. The van der Waals surface area contributed by atoms with Gasteiger partial charge >= 0.3 is 0 Å². The number of methoxy groups -OCH3 is 1. The molecule has 0 fully saturated rings. The molecule has 6 nitrogen and oxygen atoms in total. The van der Waals surface area contributed by atoms with Crippen LogP contribution in [0.3, 0.4) is 0 Å². The monoisotopic (exact) mass is 392 g/mol. The number of aryl methyl sites for hydroxylation is 1. The van der Waals surface area contributed by atoms with Crippen molar-refractivity contribution in [1.29, 1.82) is 0 Å². The second-order valence-electron chi connectivity index (χ2n) is 5.45. The van der Waals surface area contributed by atoms with Gasteiger partial charge in [0, 0.05) is 5.56 Å². The topological polar surface area (TPSA) is 81.4 Å². The first-order valence-corrected chi connectivity index (χ1v) is 9.72. The van der Waals surface area contributed by atoms with Crippen LogP contribution in [0.15, 0.2) is 57.9 Å². The summed E-state index contributed by atoms with van der Waals surface area (Å²) < 4.78 is 38.5. The average Bonchev–Trinajstić information content (AvgIpc) is 3.04. The van der Waals surface area contributed by atoms with Crippen molar-refractivity contribution in [2.24, 2.45) is 0 Å². The summed E-state index contributed by atoms with van der Waals surface area (Å²) in [5.74, 6) is 0.808. The van der Waals surface area contributed by atoms with Gasteiger partial charge in [-0.1, -0.05) is 41.9 Å². The SMILES string of the molecule is CCc1noc(-c2ccc(OC)c(Cl)c2)c1NS(=O)(=O)c1ccccc1. The van der Waals surface area contributed by atoms with Crippen LogP contribution in [0.4, 0.5) is 5.69 Å². The minimum absolute atomic E-state index is 0.155. The van der Waals surface area contributed by atoms with Crippen LogP contribution < -0.4 is 9.46 Å². The molecule has 2 aromatic carbocycles. The van der Waals surface area contributed by atoms with Crippen LogP contribution in [-0.2, 0) is 16.4 Å². The number of nitrogens with one attached hydrogen (secondary N) is 1. The summed E-state index contributed by atoms with van der Waals surface area (Å²) in [6.45, 7) is 1.86. The van der Waals surface area contributed by atoms with Crippen molar-refractivity contribution in [3.05, 3.63) is 59.2 Å². The molecule has 0 aliphatic rings. The third-order valence-electron chi connectivity index (χ3n) is 3.80. The molecular formula is C18H17ClN2O4S. The number of hydrogen-bond donors (Lipinski definition) is 1. The fourth-order valence-corrected chi connectivity index (χ4v) is 3.84. The van der Waals surface area contributed by atoms with Gasteiger partial charge in [-0.2, -0.15) is 0 Å². The van der Waals surface area contributed by atoms with Crippen molar-refractivity contribution < 1.29 is 17.7 Å². The van der Waals surface area contributed by atoms with Gasteiger partial charge in [-0.05, 0) is 36.8 Å². The largest absolute Gasteiger partial charge is 0.495 e. The highest BCUT2D eigenvalue weighted by molar-refractivity contribution is 7.92. The highest BCUT2D eigenvalue weighted by atomic mass is 35.5. The Bertz CT molecular complexity index is 1020. The summed E-state index contributed by atoms with van der Waals surface area (Å²) in [7, 11) is -2.26. The third kappa shape index (κ3) is 3.54. The van der Waals surface area contributed by atoms with Crippen LogP contribution in [0.1, 0.15) is 12.6 Å². The zero-order valence-corrected chi connectivity index (χ0v) is 15.8. The molecule has 0 aliphatic carbocycles. The first-order chi connectivity index (χ1) is 12.5. The maximum absolute atomic E-state index is 12.7. The van der Waals surface area contributed by atoms with Gasteiger partial charge in [-0.15, -0.1) is 0 Å². The highest BCUT2D eigenvalue weighted by Crippen LogP contribution is 2.36. The van der Waals surface area contributed by atoms with Crippen LogP contribution >= 0.6 is 11.6 Å². The Morgan fingerprint density at radius 2 is 1.92 bits per heavy atom. The molecule has 136 valence electrons. The molecule has 0 amide bonds. The molecular weight excluding hydrogens is 376 g/mol. The number of nitrogens with zero attached hydrogens (tertiary/aromatic N) is 1. The lowest BCUT2D eigenvalue weighted by atomic mass is 10.1. The Labute approximate surface area is 156 Å². The second-order valence-corrected chi connectivity index (χ2v) is 7.54. The van der Waals surface area contributed by atoms with Gasteiger partial charge in [0.1, 0.15) is 17.1 Å². The molecule has 0 unspecified atom stereocenters. The molecule has 26 heavy (non-hydrogen) atoms. The van der Waals surface area contributed by atoms with Crippen molar-refractivity contribution >= 4 is 27.3 Å². The van der Waals surface area contributed by atoms with Gasteiger partial charge in [0.15, 0.2) is 5.76 Å². The van der Waals surface area contributed by atoms with E-state index in [2.05, 4.69) is 9.88 Å². The van der Waals surface area contributed by atoms with E-state index >= 15 is 0 Å². The van der Waals surface area contributed by atoms with E-state index < -0.39 is 10.0 Å². The lowest BCUT2D eigenvalue weighted by molar-refractivity contribution is 0.414. The lowest BCUT2D eigenvalue weighted by Crippen LogP contribution is -2.14. The van der Waals surface area contributed by atoms with Gasteiger partial charge < -0.3 is 9.26 Å². The number of hydrogen-bond acceptors (Lipinski definition) is 5. The zero-order valence-electron chi connectivity index (χ0n) is 14.2. The summed E-state index contributed by atoms with van der Waals surface area (Å²) in [5.41, 5.74) is 1.40. The molecule has 8 heteroatoms. The number of anilines is 1. The molecule has 3 rings (SSSR count). The third-order valence-corrected chi connectivity index (χ3v) is 5.46. The Morgan fingerprint density at radius 1 is 1.19 bits per heavy atom. The number of rotatable bonds is 6. The molecule has 0 atom stereocenters. The summed E-state index contributed by atoms with van der Waals surface area (Å²) in [5, 5.41) is 4.37. The number of halogens is 1. The summed E-state index contributed by atoms with van der Waals surface area (Å²) >= 11 is 6.18. The Kier molecular flexibility index (Phi) is 5.20. The summed E-state index contributed by atoms with van der Waals surface area (Å²) in [6.07, 6.45) is 0.500. The molecule has 1 aromatic heterocycles. The van der Waals surface area contributed by atoms with Crippen LogP contribution in [0.2, 0.25) is 5.02 Å². The minimum Gasteiger partial charge on any atom is -0.495 e. The van der Waals surface area contributed by atoms with Gasteiger partial charge in [0.2, 0.25) is 0 Å². The molecule has 0 spiro atoms. The van der Waals surface area contributed by atoms with Crippen molar-refractivity contribution in [3.63, 3.8) is 0 Å². The molecule has 1 N–H and O–H groups in total. The predicted molar refractivity (Wildman–Crippen MR) is 100 cm³/mol. The zero-order chi connectivity index (χ0) is 18.7. The Morgan fingerprint density at radius 3 is 2.54 bits per heavy atom. The van der Waals surface area contributed by atoms with E-state index in [0.29, 0.717) is 39.9 Å². The molecule has 0 aliphatic heterocycles. The first kappa shape index (κ1) is 18.3. The standard InChI is InChI=1S/C18H17ClN2O4S/c1-3-15-17(21-26(22,23)13-7-5-4-6-8-13)18(25-20-15)12-9-10-16(24-2)14(19)11-12/h4-11,21H,3H2,1-2H3. The van der Waals surface area contributed by atoms with E-state index in [1.54, 1.807) is 36.4 Å². The molecule has 0 radical (unpaired) electrons. The van der Waals surface area contributed by atoms with Crippen molar-refractivity contribution in [1.82, 2.24) is 5.16 Å². The maximum atomic E-state index is 12.7. The minimum atomic E-state index is -3.78. The highest BCUT2D eigenvalue weighted by Gasteiger charge is 2.23. The predicted octanol–water partition coefficient (Wildman–Crippen LogP) is 4.37. The van der Waals surface area contributed by atoms with Crippen molar-refractivity contribution in [2.75, 3.05) is 11.8 Å². The average molecular weight is 393 g/mol. The van der Waals surface area contributed by atoms with Crippen LogP contribution in [0.5, 0.6) is 5.75 Å². The number of aromatic nitrogens is 1. The van der Waals surface area contributed by atoms with E-state index in [4.69, 9.17) is 20.9 Å². The maximum Gasteiger partial charge on any atom is 0.262 e. The van der Waals surface area contributed by atoms with Gasteiger partial charge in [-0.3, -0.25) is 4.72 Å². The van der Waals surface area contributed by atoms with Crippen molar-refractivity contribution in [2.45, 2.75) is 18.2 Å². The normalized spacial score (nSPS) is 11.3. The molecule has 0 saturated carbocycles. The van der Waals surface area contributed by atoms with Crippen LogP contribution in [0.25, 0.3) is 11.3 Å². The number of sulfonamides is 1. The Hall–Kier alpha value is -2.51. The van der Waals surface area contributed by atoms with E-state index in [1.807, 2.05) is 6.92 Å². The molecule has 1 heterocycles. The van der Waals surface area contributed by atoms with Gasteiger partial charge in [-0.25, -0.2) is 8.42 Å². The number of benzene rings is 2. The van der Waals surface area contributed by atoms with Gasteiger partial charge in [0.25, 0.3) is 10.0 Å². The van der Waals surface area contributed by atoms with E-state index in [9.17, 15) is 8.42 Å². The van der Waals surface area contributed by atoms with E-state index in [1.165, 1.54) is 19.2 Å². The Balaban J connectivity index is 2.05. The fraction of sp³-hybridized carbons (Fsp3) is 0.167. The van der Waals surface area contributed by atoms with Crippen LogP contribution in [0, 0.1) is 0 Å². The molecule has 0 saturated heterocycles.